The summed E-state index contributed by atoms with van der Waals surface area (Å²) in [7, 11) is 0. The quantitative estimate of drug-likeness (QED) is 0.441. The predicted molar refractivity (Wildman–Crippen MR) is 57.1 cm³/mol. The van der Waals surface area contributed by atoms with Gasteiger partial charge in [0.15, 0.2) is 5.76 Å². The molecule has 0 fully saturated rings. The van der Waals surface area contributed by atoms with Crippen molar-refractivity contribution in [2.45, 2.75) is 0 Å². The molecule has 14 heavy (non-hydrogen) atoms. The van der Waals surface area contributed by atoms with Crippen LogP contribution in [0.2, 0.25) is 0 Å². The zero-order valence-electron chi connectivity index (χ0n) is 7.08. The summed E-state index contributed by atoms with van der Waals surface area (Å²) in [5.74, 6) is 1.78. The van der Waals surface area contributed by atoms with Crippen LogP contribution in [0, 0.1) is 12.3 Å². The molecule has 0 amide bonds. The van der Waals surface area contributed by atoms with Crippen LogP contribution in [-0.4, -0.2) is 5.78 Å². The van der Waals surface area contributed by atoms with E-state index in [0.717, 1.165) is 9.86 Å². The maximum atomic E-state index is 11.1. The SMILES string of the molecule is C#CC(=O)c1cc2cccc(Br)c2o1. The second-order valence-electron chi connectivity index (χ2n) is 2.74. The highest BCUT2D eigenvalue weighted by Crippen LogP contribution is 2.26. The number of rotatable bonds is 1. The van der Waals surface area contributed by atoms with Crippen LogP contribution in [0.15, 0.2) is 33.2 Å². The molecule has 0 N–H and O–H groups in total. The molecule has 1 heterocycles. The standard InChI is InChI=1S/C11H5BrO2/c1-2-9(13)10-6-7-4-3-5-8(12)11(7)14-10/h1,3-6H. The van der Waals surface area contributed by atoms with E-state index in [1.54, 1.807) is 6.07 Å². The number of carbonyl (C=O) groups excluding carboxylic acids is 1. The van der Waals surface area contributed by atoms with Gasteiger partial charge in [-0.05, 0) is 34.0 Å². The number of Topliss-reactive ketones (excluding diaryl/α,β-unsaturated/α-hetero) is 1. The number of hydrogen-bond donors (Lipinski definition) is 0. The monoisotopic (exact) mass is 248 g/mol. The third-order valence-corrected chi connectivity index (χ3v) is 2.48. The number of ketones is 1. The number of para-hydroxylation sites is 1. The van der Waals surface area contributed by atoms with Gasteiger partial charge in [0.1, 0.15) is 5.58 Å². The van der Waals surface area contributed by atoms with E-state index in [0.29, 0.717) is 5.58 Å². The molecule has 1 aromatic carbocycles. The van der Waals surface area contributed by atoms with Gasteiger partial charge >= 0.3 is 0 Å². The van der Waals surface area contributed by atoms with Gasteiger partial charge in [-0.2, -0.15) is 0 Å². The highest BCUT2D eigenvalue weighted by atomic mass is 79.9. The van der Waals surface area contributed by atoms with Gasteiger partial charge in [0, 0.05) is 5.39 Å². The van der Waals surface area contributed by atoms with Crippen molar-refractivity contribution in [3.05, 3.63) is 34.5 Å². The molecule has 1 aromatic heterocycles. The average Bonchev–Trinajstić information content (AvgIpc) is 2.62. The molecule has 0 aliphatic carbocycles. The molecule has 0 radical (unpaired) electrons. The number of benzene rings is 1. The lowest BCUT2D eigenvalue weighted by Crippen LogP contribution is -1.89. The largest absolute Gasteiger partial charge is 0.451 e. The van der Waals surface area contributed by atoms with Crippen molar-refractivity contribution in [3.8, 4) is 12.3 Å². The van der Waals surface area contributed by atoms with E-state index in [1.165, 1.54) is 0 Å². The minimum Gasteiger partial charge on any atom is -0.451 e. The molecular formula is C11H5BrO2. The Bertz CT molecular complexity index is 546. The number of halogens is 1. The lowest BCUT2D eigenvalue weighted by molar-refractivity contribution is 0.103. The maximum absolute atomic E-state index is 11.1. The van der Waals surface area contributed by atoms with Crippen LogP contribution >= 0.6 is 15.9 Å². The molecule has 2 aromatic rings. The minimum absolute atomic E-state index is 0.203. The number of hydrogen-bond acceptors (Lipinski definition) is 2. The molecule has 0 spiro atoms. The summed E-state index contributed by atoms with van der Waals surface area (Å²) in [6, 6.07) is 7.21. The van der Waals surface area contributed by atoms with Crippen LogP contribution < -0.4 is 0 Å². The minimum atomic E-state index is -0.437. The van der Waals surface area contributed by atoms with Gasteiger partial charge in [-0.3, -0.25) is 4.79 Å². The molecule has 0 aliphatic heterocycles. The van der Waals surface area contributed by atoms with Gasteiger partial charge in [-0.25, -0.2) is 0 Å². The first kappa shape index (κ1) is 9.04. The summed E-state index contributed by atoms with van der Waals surface area (Å²) in [6.45, 7) is 0. The van der Waals surface area contributed by atoms with Crippen molar-refractivity contribution < 1.29 is 9.21 Å². The average molecular weight is 249 g/mol. The van der Waals surface area contributed by atoms with Crippen LogP contribution in [0.25, 0.3) is 11.0 Å². The molecular weight excluding hydrogens is 244 g/mol. The van der Waals surface area contributed by atoms with Gasteiger partial charge in [0.25, 0.3) is 5.78 Å². The summed E-state index contributed by atoms with van der Waals surface area (Å²) in [5.41, 5.74) is 0.645. The highest BCUT2D eigenvalue weighted by Gasteiger charge is 2.10. The maximum Gasteiger partial charge on any atom is 0.270 e. The first-order valence-corrected chi connectivity index (χ1v) is 4.70. The topological polar surface area (TPSA) is 30.2 Å². The lowest BCUT2D eigenvalue weighted by Gasteiger charge is -1.89. The van der Waals surface area contributed by atoms with Gasteiger partial charge in [0.05, 0.1) is 4.47 Å². The van der Waals surface area contributed by atoms with E-state index in [1.807, 2.05) is 24.1 Å². The van der Waals surface area contributed by atoms with Crippen LogP contribution in [0.5, 0.6) is 0 Å². The van der Waals surface area contributed by atoms with Gasteiger partial charge < -0.3 is 4.42 Å². The van der Waals surface area contributed by atoms with E-state index in [-0.39, 0.29) is 5.76 Å². The molecule has 0 saturated heterocycles. The Hall–Kier alpha value is -1.53. The van der Waals surface area contributed by atoms with E-state index in [9.17, 15) is 4.79 Å². The number of carbonyl (C=O) groups is 1. The highest BCUT2D eigenvalue weighted by molar-refractivity contribution is 9.10. The van der Waals surface area contributed by atoms with E-state index < -0.39 is 5.78 Å². The summed E-state index contributed by atoms with van der Waals surface area (Å²) in [6.07, 6.45) is 4.99. The predicted octanol–water partition coefficient (Wildman–Crippen LogP) is 3.01. The Morgan fingerprint density at radius 3 is 2.93 bits per heavy atom. The van der Waals surface area contributed by atoms with Gasteiger partial charge in [0.2, 0.25) is 0 Å². The second-order valence-corrected chi connectivity index (χ2v) is 3.60. The van der Waals surface area contributed by atoms with Gasteiger partial charge in [-0.1, -0.05) is 12.1 Å². The fourth-order valence-electron chi connectivity index (χ4n) is 1.21. The van der Waals surface area contributed by atoms with Crippen molar-refractivity contribution >= 4 is 32.7 Å². The zero-order chi connectivity index (χ0) is 10.1. The van der Waals surface area contributed by atoms with Crippen molar-refractivity contribution in [2.24, 2.45) is 0 Å². The number of furan rings is 1. The Balaban J connectivity index is 2.70. The number of terminal acetylenes is 1. The molecule has 2 rings (SSSR count). The van der Waals surface area contributed by atoms with E-state index in [4.69, 9.17) is 10.8 Å². The summed E-state index contributed by atoms with van der Waals surface area (Å²) in [4.78, 5) is 11.1. The van der Waals surface area contributed by atoms with Crippen molar-refractivity contribution in [1.29, 1.82) is 0 Å². The first-order chi connectivity index (χ1) is 6.72. The van der Waals surface area contributed by atoms with Crippen molar-refractivity contribution in [2.75, 3.05) is 0 Å². The molecule has 0 saturated carbocycles. The normalized spacial score (nSPS) is 10.0. The fraction of sp³-hybridized carbons (Fsp3) is 0. The van der Waals surface area contributed by atoms with Crippen LogP contribution in [0.4, 0.5) is 0 Å². The molecule has 2 nitrogen and oxygen atoms in total. The molecule has 0 atom stereocenters. The fourth-order valence-corrected chi connectivity index (χ4v) is 1.67. The molecule has 3 heteroatoms. The molecule has 0 bridgehead atoms. The lowest BCUT2D eigenvalue weighted by atomic mass is 10.2. The second kappa shape index (κ2) is 3.32. The molecule has 68 valence electrons. The Labute approximate surface area is 89.0 Å². The van der Waals surface area contributed by atoms with Crippen LogP contribution in [0.1, 0.15) is 10.6 Å². The molecule has 0 unspecified atom stereocenters. The van der Waals surface area contributed by atoms with Gasteiger partial charge in [-0.15, -0.1) is 6.42 Å². The Kier molecular flexibility index (Phi) is 2.14. The summed E-state index contributed by atoms with van der Waals surface area (Å²) in [5, 5.41) is 0.859. The summed E-state index contributed by atoms with van der Waals surface area (Å²) < 4.78 is 6.12. The van der Waals surface area contributed by atoms with Crippen LogP contribution in [0.3, 0.4) is 0 Å². The third-order valence-electron chi connectivity index (χ3n) is 1.85. The van der Waals surface area contributed by atoms with E-state index >= 15 is 0 Å². The van der Waals surface area contributed by atoms with Crippen LogP contribution in [-0.2, 0) is 0 Å². The molecule has 0 aliphatic rings. The number of fused-ring (bicyclic) bond motifs is 1. The van der Waals surface area contributed by atoms with Crippen molar-refractivity contribution in [1.82, 2.24) is 0 Å². The first-order valence-electron chi connectivity index (χ1n) is 3.91. The van der Waals surface area contributed by atoms with Crippen molar-refractivity contribution in [3.63, 3.8) is 0 Å². The smallest absolute Gasteiger partial charge is 0.270 e. The van der Waals surface area contributed by atoms with E-state index in [2.05, 4.69) is 15.9 Å². The third kappa shape index (κ3) is 1.34. The zero-order valence-corrected chi connectivity index (χ0v) is 8.67. The Morgan fingerprint density at radius 1 is 1.50 bits per heavy atom. The summed E-state index contributed by atoms with van der Waals surface area (Å²) >= 11 is 3.32. The Morgan fingerprint density at radius 2 is 2.29 bits per heavy atom.